The van der Waals surface area contributed by atoms with Gasteiger partial charge in [0.2, 0.25) is 5.91 Å². The molecule has 0 heterocycles. The van der Waals surface area contributed by atoms with Gasteiger partial charge in [-0.15, -0.1) is 0 Å². The Morgan fingerprint density at radius 2 is 1.48 bits per heavy atom. The van der Waals surface area contributed by atoms with E-state index >= 15 is 0 Å². The molecule has 116 valence electrons. The Labute approximate surface area is 128 Å². The molecule has 0 unspecified atom stereocenters. The summed E-state index contributed by atoms with van der Waals surface area (Å²) in [6.45, 7) is 14.5. The van der Waals surface area contributed by atoms with Gasteiger partial charge < -0.3 is 5.32 Å². The number of nitrogens with one attached hydrogen (secondary N) is 1. The van der Waals surface area contributed by atoms with Gasteiger partial charge in [-0.1, -0.05) is 47.6 Å². The highest BCUT2D eigenvalue weighted by atomic mass is 16.2. The molecule has 0 bridgehead atoms. The third-order valence-corrected chi connectivity index (χ3v) is 3.33. The first kappa shape index (κ1) is 17.4. The third kappa shape index (κ3) is 5.00. The van der Waals surface area contributed by atoms with Gasteiger partial charge in [0.05, 0.1) is 6.42 Å². The van der Waals surface area contributed by atoms with Crippen LogP contribution < -0.4 is 5.32 Å². The SMILES string of the molecule is CC(=O)CC(=O)Nc1ccc(C(C)(C)C)c(C(C)(C)C)c1. The van der Waals surface area contributed by atoms with Crippen molar-refractivity contribution in [3.63, 3.8) is 0 Å². The summed E-state index contributed by atoms with van der Waals surface area (Å²) >= 11 is 0. The van der Waals surface area contributed by atoms with Gasteiger partial charge >= 0.3 is 0 Å². The summed E-state index contributed by atoms with van der Waals surface area (Å²) in [7, 11) is 0. The zero-order valence-electron chi connectivity index (χ0n) is 14.3. The van der Waals surface area contributed by atoms with E-state index in [9.17, 15) is 9.59 Å². The molecule has 0 aromatic heterocycles. The fourth-order valence-corrected chi connectivity index (χ4v) is 2.33. The Hall–Kier alpha value is -1.64. The van der Waals surface area contributed by atoms with Crippen molar-refractivity contribution in [3.8, 4) is 0 Å². The van der Waals surface area contributed by atoms with Gasteiger partial charge in [0.15, 0.2) is 0 Å². The number of benzene rings is 1. The van der Waals surface area contributed by atoms with Crippen molar-refractivity contribution in [2.75, 3.05) is 5.32 Å². The van der Waals surface area contributed by atoms with Gasteiger partial charge in [-0.05, 0) is 41.0 Å². The predicted molar refractivity (Wildman–Crippen MR) is 87.8 cm³/mol. The number of anilines is 1. The summed E-state index contributed by atoms with van der Waals surface area (Å²) in [6, 6.07) is 6.01. The summed E-state index contributed by atoms with van der Waals surface area (Å²) < 4.78 is 0. The number of hydrogen-bond acceptors (Lipinski definition) is 2. The number of ketones is 1. The molecule has 21 heavy (non-hydrogen) atoms. The molecule has 1 aromatic carbocycles. The van der Waals surface area contributed by atoms with Gasteiger partial charge in [-0.3, -0.25) is 9.59 Å². The zero-order chi connectivity index (χ0) is 16.4. The van der Waals surface area contributed by atoms with Crippen LogP contribution in [0.5, 0.6) is 0 Å². The second kappa shape index (κ2) is 6.00. The normalized spacial score (nSPS) is 12.1. The second-order valence-electron chi connectivity index (χ2n) is 7.69. The second-order valence-corrected chi connectivity index (χ2v) is 7.69. The Morgan fingerprint density at radius 1 is 0.952 bits per heavy atom. The molecule has 0 atom stereocenters. The maximum absolute atomic E-state index is 11.7. The lowest BCUT2D eigenvalue weighted by Crippen LogP contribution is -2.23. The van der Waals surface area contributed by atoms with E-state index in [1.807, 2.05) is 12.1 Å². The summed E-state index contributed by atoms with van der Waals surface area (Å²) in [5, 5.41) is 2.80. The minimum atomic E-state index is -0.258. The van der Waals surface area contributed by atoms with E-state index in [0.717, 1.165) is 5.69 Å². The minimum Gasteiger partial charge on any atom is -0.326 e. The smallest absolute Gasteiger partial charge is 0.231 e. The number of amides is 1. The van der Waals surface area contributed by atoms with Gasteiger partial charge in [0, 0.05) is 5.69 Å². The lowest BCUT2D eigenvalue weighted by atomic mass is 9.75. The molecular formula is C18H27NO2. The molecule has 0 aliphatic carbocycles. The van der Waals surface area contributed by atoms with E-state index < -0.39 is 0 Å². The number of rotatable bonds is 3. The molecule has 0 saturated carbocycles. The van der Waals surface area contributed by atoms with E-state index in [0.29, 0.717) is 0 Å². The van der Waals surface area contributed by atoms with Crippen molar-refractivity contribution >= 4 is 17.4 Å². The van der Waals surface area contributed by atoms with Crippen molar-refractivity contribution in [2.45, 2.75) is 65.7 Å². The Kier molecular flexibility index (Phi) is 4.98. The molecule has 0 saturated heterocycles. The standard InChI is InChI=1S/C18H27NO2/c1-12(20)10-16(21)19-13-8-9-14(17(2,3)4)15(11-13)18(5,6)7/h8-9,11H,10H2,1-7H3,(H,19,21). The highest BCUT2D eigenvalue weighted by Gasteiger charge is 2.25. The summed E-state index contributed by atoms with van der Waals surface area (Å²) in [4.78, 5) is 22.7. The molecule has 3 nitrogen and oxygen atoms in total. The molecule has 1 rings (SSSR count). The molecule has 0 fully saturated rings. The summed E-state index contributed by atoms with van der Waals surface area (Å²) in [5.41, 5.74) is 3.28. The minimum absolute atomic E-state index is 0.00999. The highest BCUT2D eigenvalue weighted by Crippen LogP contribution is 2.35. The number of Topliss-reactive ketones (excluding diaryl/α,β-unsaturated/α-hetero) is 1. The fourth-order valence-electron chi connectivity index (χ4n) is 2.33. The van der Waals surface area contributed by atoms with Gasteiger partial charge in [0.1, 0.15) is 5.78 Å². The van der Waals surface area contributed by atoms with Gasteiger partial charge in [-0.25, -0.2) is 0 Å². The van der Waals surface area contributed by atoms with Crippen LogP contribution >= 0.6 is 0 Å². The van der Waals surface area contributed by atoms with Crippen LogP contribution in [0.3, 0.4) is 0 Å². The maximum atomic E-state index is 11.7. The van der Waals surface area contributed by atoms with Crippen molar-refractivity contribution in [3.05, 3.63) is 29.3 Å². The Balaban J connectivity index is 3.17. The van der Waals surface area contributed by atoms with E-state index in [1.165, 1.54) is 18.1 Å². The van der Waals surface area contributed by atoms with Gasteiger partial charge in [-0.2, -0.15) is 0 Å². The van der Waals surface area contributed by atoms with Crippen LogP contribution in [-0.4, -0.2) is 11.7 Å². The number of carbonyl (C=O) groups excluding carboxylic acids is 2. The van der Waals surface area contributed by atoms with Gasteiger partial charge in [0.25, 0.3) is 0 Å². The lowest BCUT2D eigenvalue weighted by molar-refractivity contribution is -0.124. The number of carbonyl (C=O) groups is 2. The molecule has 0 aliphatic heterocycles. The lowest BCUT2D eigenvalue weighted by Gasteiger charge is -2.30. The van der Waals surface area contributed by atoms with E-state index in [1.54, 1.807) is 0 Å². The Morgan fingerprint density at radius 3 is 1.90 bits per heavy atom. The van der Waals surface area contributed by atoms with E-state index in [4.69, 9.17) is 0 Å². The van der Waals surface area contributed by atoms with Crippen molar-refractivity contribution in [1.29, 1.82) is 0 Å². The van der Waals surface area contributed by atoms with Crippen LogP contribution in [0, 0.1) is 0 Å². The first-order valence-corrected chi connectivity index (χ1v) is 7.35. The maximum Gasteiger partial charge on any atom is 0.231 e. The fraction of sp³-hybridized carbons (Fsp3) is 0.556. The summed E-state index contributed by atoms with van der Waals surface area (Å²) in [6.07, 6.45) is -0.0775. The van der Waals surface area contributed by atoms with Crippen LogP contribution in [0.2, 0.25) is 0 Å². The third-order valence-electron chi connectivity index (χ3n) is 3.33. The average Bonchev–Trinajstić information content (AvgIpc) is 2.24. The molecular weight excluding hydrogens is 262 g/mol. The quantitative estimate of drug-likeness (QED) is 0.848. The van der Waals surface area contributed by atoms with Crippen LogP contribution in [0.25, 0.3) is 0 Å². The zero-order valence-corrected chi connectivity index (χ0v) is 14.3. The van der Waals surface area contributed by atoms with Crippen molar-refractivity contribution in [2.24, 2.45) is 0 Å². The van der Waals surface area contributed by atoms with Crippen LogP contribution in [-0.2, 0) is 20.4 Å². The van der Waals surface area contributed by atoms with E-state index in [2.05, 4.69) is 52.9 Å². The Bertz CT molecular complexity index is 545. The topological polar surface area (TPSA) is 46.2 Å². The molecule has 0 aliphatic rings. The predicted octanol–water partition coefficient (Wildman–Crippen LogP) is 4.20. The highest BCUT2D eigenvalue weighted by molar-refractivity contribution is 6.03. The molecule has 1 amide bonds. The molecule has 0 radical (unpaired) electrons. The van der Waals surface area contributed by atoms with Crippen LogP contribution in [0.4, 0.5) is 5.69 Å². The first-order chi connectivity index (χ1) is 9.41. The molecule has 1 aromatic rings. The number of hydrogen-bond donors (Lipinski definition) is 1. The van der Waals surface area contributed by atoms with Crippen LogP contribution in [0.1, 0.15) is 66.0 Å². The summed E-state index contributed by atoms with van der Waals surface area (Å²) in [5.74, 6) is -0.388. The average molecular weight is 289 g/mol. The molecule has 1 N–H and O–H groups in total. The molecule has 3 heteroatoms. The van der Waals surface area contributed by atoms with Crippen LogP contribution in [0.15, 0.2) is 18.2 Å². The van der Waals surface area contributed by atoms with E-state index in [-0.39, 0.29) is 28.9 Å². The molecule has 0 spiro atoms. The monoisotopic (exact) mass is 289 g/mol. The van der Waals surface area contributed by atoms with Crippen molar-refractivity contribution < 1.29 is 9.59 Å². The largest absolute Gasteiger partial charge is 0.326 e. The first-order valence-electron chi connectivity index (χ1n) is 7.35. The van der Waals surface area contributed by atoms with Crippen molar-refractivity contribution in [1.82, 2.24) is 0 Å².